The summed E-state index contributed by atoms with van der Waals surface area (Å²) in [7, 11) is 4.67. The Bertz CT molecular complexity index is 796. The highest BCUT2D eigenvalue weighted by molar-refractivity contribution is 5.96. The third kappa shape index (κ3) is 3.66. The first-order valence-corrected chi connectivity index (χ1v) is 9.73. The zero-order valence-corrected chi connectivity index (χ0v) is 17.2. The van der Waals surface area contributed by atoms with Crippen LogP contribution in [0.5, 0.6) is 17.2 Å². The highest BCUT2D eigenvalue weighted by Gasteiger charge is 2.40. The van der Waals surface area contributed by atoms with E-state index in [-0.39, 0.29) is 11.3 Å². The molecule has 0 radical (unpaired) electrons. The van der Waals surface area contributed by atoms with Crippen LogP contribution >= 0.6 is 0 Å². The molecule has 1 amide bonds. The summed E-state index contributed by atoms with van der Waals surface area (Å²) in [5.41, 5.74) is 1.89. The number of carbonyl (C=O) groups excluding carboxylic acids is 1. The van der Waals surface area contributed by atoms with Gasteiger partial charge in [-0.2, -0.15) is 0 Å². The maximum Gasteiger partial charge on any atom is 0.254 e. The molecular formula is C23H29NO4. The number of ether oxygens (including phenoxy) is 3. The van der Waals surface area contributed by atoms with Crippen LogP contribution in [0.15, 0.2) is 42.5 Å². The van der Waals surface area contributed by atoms with Gasteiger partial charge >= 0.3 is 0 Å². The molecule has 0 saturated carbocycles. The van der Waals surface area contributed by atoms with Gasteiger partial charge in [-0.15, -0.1) is 0 Å². The van der Waals surface area contributed by atoms with Gasteiger partial charge in [0.2, 0.25) is 5.75 Å². The molecule has 3 rings (SSSR count). The predicted molar refractivity (Wildman–Crippen MR) is 110 cm³/mol. The van der Waals surface area contributed by atoms with Gasteiger partial charge in [-0.3, -0.25) is 4.79 Å². The van der Waals surface area contributed by atoms with Crippen LogP contribution in [0.25, 0.3) is 0 Å². The van der Waals surface area contributed by atoms with Crippen molar-refractivity contribution in [1.82, 2.24) is 4.90 Å². The Kier molecular flexibility index (Phi) is 6.12. The second-order valence-corrected chi connectivity index (χ2v) is 7.29. The fourth-order valence-corrected chi connectivity index (χ4v) is 4.29. The predicted octanol–water partition coefficient (Wildman–Crippen LogP) is 4.30. The zero-order valence-electron chi connectivity index (χ0n) is 17.2. The number of carbonyl (C=O) groups is 1. The Morgan fingerprint density at radius 2 is 1.68 bits per heavy atom. The third-order valence-electron chi connectivity index (χ3n) is 5.67. The summed E-state index contributed by atoms with van der Waals surface area (Å²) >= 11 is 0. The molecule has 1 unspecified atom stereocenters. The van der Waals surface area contributed by atoms with Gasteiger partial charge in [-0.1, -0.05) is 43.7 Å². The van der Waals surface area contributed by atoms with E-state index in [9.17, 15) is 4.79 Å². The minimum atomic E-state index is -0.00633. The molecule has 0 spiro atoms. The third-order valence-corrected chi connectivity index (χ3v) is 5.67. The summed E-state index contributed by atoms with van der Waals surface area (Å²) in [5.74, 6) is 1.47. The lowest BCUT2D eigenvalue weighted by Gasteiger charge is -2.30. The van der Waals surface area contributed by atoms with Crippen LogP contribution in [-0.2, 0) is 5.41 Å². The van der Waals surface area contributed by atoms with Gasteiger partial charge in [-0.25, -0.2) is 0 Å². The van der Waals surface area contributed by atoms with E-state index in [0.29, 0.717) is 22.8 Å². The van der Waals surface area contributed by atoms with Crippen molar-refractivity contribution < 1.29 is 19.0 Å². The topological polar surface area (TPSA) is 48.0 Å². The van der Waals surface area contributed by atoms with Crippen molar-refractivity contribution in [3.63, 3.8) is 0 Å². The van der Waals surface area contributed by atoms with E-state index in [1.807, 2.05) is 11.0 Å². The fourth-order valence-electron chi connectivity index (χ4n) is 4.29. The number of amides is 1. The summed E-state index contributed by atoms with van der Waals surface area (Å²) in [5, 5.41) is 0. The molecular weight excluding hydrogens is 354 g/mol. The molecule has 0 aliphatic carbocycles. The minimum absolute atomic E-state index is 0.00633. The molecule has 2 aromatic rings. The number of nitrogens with zero attached hydrogens (tertiary/aromatic N) is 1. The van der Waals surface area contributed by atoms with E-state index >= 15 is 0 Å². The lowest BCUT2D eigenvalue weighted by Crippen LogP contribution is -2.34. The lowest BCUT2D eigenvalue weighted by atomic mass is 9.76. The number of benzene rings is 2. The van der Waals surface area contributed by atoms with E-state index in [0.717, 1.165) is 32.4 Å². The molecule has 5 nitrogen and oxygen atoms in total. The standard InChI is InChI=1S/C23H29NO4/c1-5-11-23(18-9-7-6-8-10-18)12-13-24(16-23)22(25)17-14-19(26-2)21(28-4)20(15-17)27-3/h6-10,14-15H,5,11-13,16H2,1-4H3. The molecule has 150 valence electrons. The molecule has 1 saturated heterocycles. The summed E-state index contributed by atoms with van der Waals surface area (Å²) in [6.07, 6.45) is 3.12. The number of methoxy groups -OCH3 is 3. The summed E-state index contributed by atoms with van der Waals surface area (Å²) in [6.45, 7) is 3.67. The first kappa shape index (κ1) is 20.1. The van der Waals surface area contributed by atoms with E-state index in [4.69, 9.17) is 14.2 Å². The van der Waals surface area contributed by atoms with Crippen LogP contribution in [0.1, 0.15) is 42.1 Å². The fraction of sp³-hybridized carbons (Fsp3) is 0.435. The van der Waals surface area contributed by atoms with Gasteiger partial charge in [0.15, 0.2) is 11.5 Å². The van der Waals surface area contributed by atoms with Crippen LogP contribution in [0, 0.1) is 0 Å². The zero-order chi connectivity index (χ0) is 20.1. The van der Waals surface area contributed by atoms with Gasteiger partial charge in [0.1, 0.15) is 0 Å². The van der Waals surface area contributed by atoms with Gasteiger partial charge < -0.3 is 19.1 Å². The quantitative estimate of drug-likeness (QED) is 0.715. The molecule has 0 bridgehead atoms. The minimum Gasteiger partial charge on any atom is -0.493 e. The largest absolute Gasteiger partial charge is 0.493 e. The van der Waals surface area contributed by atoms with Crippen LogP contribution in [-0.4, -0.2) is 45.2 Å². The molecule has 1 aliphatic heterocycles. The van der Waals surface area contributed by atoms with Gasteiger partial charge in [-0.05, 0) is 30.5 Å². The molecule has 28 heavy (non-hydrogen) atoms. The number of hydrogen-bond acceptors (Lipinski definition) is 4. The Balaban J connectivity index is 1.90. The van der Waals surface area contributed by atoms with Crippen LogP contribution < -0.4 is 14.2 Å². The monoisotopic (exact) mass is 383 g/mol. The molecule has 0 N–H and O–H groups in total. The maximum atomic E-state index is 13.3. The SMILES string of the molecule is CCCC1(c2ccccc2)CCN(C(=O)c2cc(OC)c(OC)c(OC)c2)C1. The Hall–Kier alpha value is -2.69. The van der Waals surface area contributed by atoms with E-state index < -0.39 is 0 Å². The second kappa shape index (κ2) is 8.55. The number of hydrogen-bond donors (Lipinski definition) is 0. The summed E-state index contributed by atoms with van der Waals surface area (Å²) in [4.78, 5) is 15.2. The van der Waals surface area contributed by atoms with E-state index in [2.05, 4.69) is 31.2 Å². The van der Waals surface area contributed by atoms with Gasteiger partial charge in [0.25, 0.3) is 5.91 Å². The molecule has 1 heterocycles. The number of likely N-dealkylation sites (tertiary alicyclic amines) is 1. The molecule has 2 aromatic carbocycles. The van der Waals surface area contributed by atoms with E-state index in [1.54, 1.807) is 33.5 Å². The van der Waals surface area contributed by atoms with Crippen molar-refractivity contribution in [1.29, 1.82) is 0 Å². The van der Waals surface area contributed by atoms with Crippen molar-refractivity contribution in [3.8, 4) is 17.2 Å². The maximum absolute atomic E-state index is 13.3. The number of rotatable bonds is 7. The van der Waals surface area contributed by atoms with Gasteiger partial charge in [0.05, 0.1) is 21.3 Å². The Morgan fingerprint density at radius 1 is 1.04 bits per heavy atom. The van der Waals surface area contributed by atoms with Crippen molar-refractivity contribution >= 4 is 5.91 Å². The Labute approximate surface area is 167 Å². The van der Waals surface area contributed by atoms with Crippen LogP contribution in [0.4, 0.5) is 0 Å². The highest BCUT2D eigenvalue weighted by atomic mass is 16.5. The lowest BCUT2D eigenvalue weighted by molar-refractivity contribution is 0.0781. The molecule has 1 aliphatic rings. The molecule has 1 fully saturated rings. The first-order chi connectivity index (χ1) is 13.6. The summed E-state index contributed by atoms with van der Waals surface area (Å²) in [6, 6.07) is 14.0. The highest BCUT2D eigenvalue weighted by Crippen LogP contribution is 2.41. The molecule has 5 heteroatoms. The Morgan fingerprint density at radius 3 is 2.21 bits per heavy atom. The van der Waals surface area contributed by atoms with Crippen molar-refractivity contribution in [2.24, 2.45) is 0 Å². The van der Waals surface area contributed by atoms with Crippen molar-refractivity contribution in [3.05, 3.63) is 53.6 Å². The van der Waals surface area contributed by atoms with Crippen LogP contribution in [0.2, 0.25) is 0 Å². The molecule has 1 atom stereocenters. The van der Waals surface area contributed by atoms with E-state index in [1.165, 1.54) is 5.56 Å². The average molecular weight is 383 g/mol. The van der Waals surface area contributed by atoms with Gasteiger partial charge in [0, 0.05) is 24.1 Å². The summed E-state index contributed by atoms with van der Waals surface area (Å²) < 4.78 is 16.2. The van der Waals surface area contributed by atoms with Crippen molar-refractivity contribution in [2.75, 3.05) is 34.4 Å². The average Bonchev–Trinajstić information content (AvgIpc) is 3.18. The van der Waals surface area contributed by atoms with Crippen molar-refractivity contribution in [2.45, 2.75) is 31.6 Å². The smallest absolute Gasteiger partial charge is 0.254 e. The molecule has 0 aromatic heterocycles. The first-order valence-electron chi connectivity index (χ1n) is 9.73. The normalized spacial score (nSPS) is 18.8. The van der Waals surface area contributed by atoms with Crippen LogP contribution in [0.3, 0.4) is 0 Å². The second-order valence-electron chi connectivity index (χ2n) is 7.29.